The van der Waals surface area contributed by atoms with E-state index in [1.165, 1.54) is 19.3 Å². The highest BCUT2D eigenvalue weighted by Crippen LogP contribution is 2.37. The van der Waals surface area contributed by atoms with Gasteiger partial charge in [0.25, 0.3) is 5.91 Å². The van der Waals surface area contributed by atoms with Crippen molar-refractivity contribution in [2.45, 2.75) is 19.3 Å². The molecule has 27 heavy (non-hydrogen) atoms. The lowest BCUT2D eigenvalue weighted by Crippen LogP contribution is -2.43. The smallest absolute Gasteiger partial charge is 0.294 e. The third kappa shape index (κ3) is 3.98. The predicted molar refractivity (Wildman–Crippen MR) is 109 cm³/mol. The van der Waals surface area contributed by atoms with E-state index in [-0.39, 0.29) is 5.91 Å². The van der Waals surface area contributed by atoms with Gasteiger partial charge >= 0.3 is 0 Å². The minimum Gasteiger partial charge on any atom is -0.449 e. The third-order valence-corrected chi connectivity index (χ3v) is 5.14. The van der Waals surface area contributed by atoms with Gasteiger partial charge in [0.2, 0.25) is 0 Å². The summed E-state index contributed by atoms with van der Waals surface area (Å²) in [5.41, 5.74) is 8.29. The number of carbonyl (C=O) groups is 1. The number of amides is 1. The van der Waals surface area contributed by atoms with Crippen LogP contribution in [0.3, 0.4) is 0 Å². The Labute approximate surface area is 160 Å². The lowest BCUT2D eigenvalue weighted by Gasteiger charge is -2.33. The standard InChI is InChI=1S/C22H25N3O2/c23-18-9-10-19-20(16-18)27-21(15-17-7-3-1-4-8-17)22(26)25(19)14-13-24-11-5-2-6-12-24/h1,3-4,7-10,15-16H,2,5-6,11-14,23H2/b21-15+. The van der Waals surface area contributed by atoms with E-state index in [2.05, 4.69) is 4.90 Å². The topological polar surface area (TPSA) is 58.8 Å². The minimum absolute atomic E-state index is 0.104. The van der Waals surface area contributed by atoms with Crippen molar-refractivity contribution in [3.05, 3.63) is 59.9 Å². The van der Waals surface area contributed by atoms with Gasteiger partial charge in [0.1, 0.15) is 0 Å². The van der Waals surface area contributed by atoms with Crippen LogP contribution in [-0.4, -0.2) is 37.0 Å². The average molecular weight is 363 g/mol. The number of nitrogen functional groups attached to an aromatic ring is 1. The molecule has 0 aliphatic carbocycles. The van der Waals surface area contributed by atoms with E-state index in [1.807, 2.05) is 47.4 Å². The quantitative estimate of drug-likeness (QED) is 0.667. The van der Waals surface area contributed by atoms with Gasteiger partial charge in [-0.15, -0.1) is 0 Å². The molecule has 0 unspecified atom stereocenters. The van der Waals surface area contributed by atoms with Gasteiger partial charge in [0.05, 0.1) is 5.69 Å². The maximum atomic E-state index is 13.1. The molecule has 0 spiro atoms. The van der Waals surface area contributed by atoms with E-state index in [9.17, 15) is 4.79 Å². The normalized spacial score (nSPS) is 19.0. The van der Waals surface area contributed by atoms with Crippen LogP contribution in [0.4, 0.5) is 11.4 Å². The number of nitrogens with two attached hydrogens (primary N) is 1. The molecule has 2 aromatic rings. The number of hydrogen-bond acceptors (Lipinski definition) is 4. The zero-order chi connectivity index (χ0) is 18.6. The van der Waals surface area contributed by atoms with Crippen LogP contribution in [0.2, 0.25) is 0 Å². The van der Waals surface area contributed by atoms with Gasteiger partial charge in [-0.2, -0.15) is 0 Å². The van der Waals surface area contributed by atoms with E-state index in [0.29, 0.717) is 23.7 Å². The molecule has 0 aromatic heterocycles. The summed E-state index contributed by atoms with van der Waals surface area (Å²) in [6, 6.07) is 15.2. The predicted octanol–water partition coefficient (Wildman–Crippen LogP) is 3.52. The number of hydrogen-bond donors (Lipinski definition) is 1. The molecule has 0 saturated carbocycles. The van der Waals surface area contributed by atoms with Gasteiger partial charge in [-0.05, 0) is 49.7 Å². The Balaban J connectivity index is 1.61. The van der Waals surface area contributed by atoms with Crippen molar-refractivity contribution in [3.8, 4) is 5.75 Å². The molecule has 4 rings (SSSR count). The van der Waals surface area contributed by atoms with E-state index in [1.54, 1.807) is 12.1 Å². The Kier molecular flexibility index (Phi) is 5.12. The molecule has 2 aliphatic heterocycles. The summed E-state index contributed by atoms with van der Waals surface area (Å²) in [5, 5.41) is 0. The fourth-order valence-corrected chi connectivity index (χ4v) is 3.68. The fourth-order valence-electron chi connectivity index (χ4n) is 3.68. The van der Waals surface area contributed by atoms with Crippen molar-refractivity contribution in [2.24, 2.45) is 0 Å². The van der Waals surface area contributed by atoms with Crippen LogP contribution < -0.4 is 15.4 Å². The molecule has 1 amide bonds. The molecule has 0 atom stereocenters. The Morgan fingerprint density at radius 3 is 2.56 bits per heavy atom. The number of nitrogens with zero attached hydrogens (tertiary/aromatic N) is 2. The monoisotopic (exact) mass is 363 g/mol. The van der Waals surface area contributed by atoms with Crippen molar-refractivity contribution in [1.29, 1.82) is 0 Å². The number of fused-ring (bicyclic) bond motifs is 1. The molecule has 2 N–H and O–H groups in total. The molecular weight excluding hydrogens is 338 g/mol. The van der Waals surface area contributed by atoms with Crippen LogP contribution in [0.15, 0.2) is 54.3 Å². The molecular formula is C22H25N3O2. The number of likely N-dealkylation sites (tertiary alicyclic amines) is 1. The van der Waals surface area contributed by atoms with Crippen LogP contribution in [0, 0.1) is 0 Å². The molecule has 140 valence electrons. The maximum Gasteiger partial charge on any atom is 0.294 e. The first-order valence-corrected chi connectivity index (χ1v) is 9.59. The molecule has 5 nitrogen and oxygen atoms in total. The lowest BCUT2D eigenvalue weighted by atomic mass is 10.1. The van der Waals surface area contributed by atoms with Gasteiger partial charge < -0.3 is 20.3 Å². The van der Waals surface area contributed by atoms with Crippen molar-refractivity contribution >= 4 is 23.4 Å². The fraction of sp³-hybridized carbons (Fsp3) is 0.318. The number of rotatable bonds is 4. The highest BCUT2D eigenvalue weighted by molar-refractivity contribution is 6.10. The number of carbonyl (C=O) groups excluding carboxylic acids is 1. The van der Waals surface area contributed by atoms with Crippen LogP contribution >= 0.6 is 0 Å². The van der Waals surface area contributed by atoms with Gasteiger partial charge in [-0.1, -0.05) is 36.8 Å². The summed E-state index contributed by atoms with van der Waals surface area (Å²) < 4.78 is 5.93. The van der Waals surface area contributed by atoms with Crippen molar-refractivity contribution < 1.29 is 9.53 Å². The Hall–Kier alpha value is -2.79. The summed E-state index contributed by atoms with van der Waals surface area (Å²) in [5.74, 6) is 0.863. The summed E-state index contributed by atoms with van der Waals surface area (Å²) in [4.78, 5) is 17.4. The second-order valence-electron chi connectivity index (χ2n) is 7.11. The molecule has 2 heterocycles. The first kappa shape index (κ1) is 17.6. The molecule has 2 aromatic carbocycles. The number of benzene rings is 2. The van der Waals surface area contributed by atoms with E-state index < -0.39 is 0 Å². The zero-order valence-corrected chi connectivity index (χ0v) is 15.4. The van der Waals surface area contributed by atoms with Gasteiger partial charge in [-0.25, -0.2) is 0 Å². The second kappa shape index (κ2) is 7.84. The van der Waals surface area contributed by atoms with E-state index in [4.69, 9.17) is 10.5 Å². The summed E-state index contributed by atoms with van der Waals surface area (Å²) in [6.45, 7) is 3.74. The van der Waals surface area contributed by atoms with Gasteiger partial charge in [0, 0.05) is 24.8 Å². The van der Waals surface area contributed by atoms with Gasteiger partial charge in [0.15, 0.2) is 11.5 Å². The maximum absolute atomic E-state index is 13.1. The molecule has 1 fully saturated rings. The molecule has 0 bridgehead atoms. The molecule has 1 saturated heterocycles. The summed E-state index contributed by atoms with van der Waals surface area (Å²) in [7, 11) is 0. The third-order valence-electron chi connectivity index (χ3n) is 5.14. The number of ether oxygens (including phenoxy) is 1. The van der Waals surface area contributed by atoms with Crippen molar-refractivity contribution in [2.75, 3.05) is 36.8 Å². The highest BCUT2D eigenvalue weighted by Gasteiger charge is 2.30. The summed E-state index contributed by atoms with van der Waals surface area (Å²) in [6.07, 6.45) is 5.58. The van der Waals surface area contributed by atoms with Crippen molar-refractivity contribution in [1.82, 2.24) is 4.90 Å². The minimum atomic E-state index is -0.104. The van der Waals surface area contributed by atoms with Crippen LogP contribution in [-0.2, 0) is 4.79 Å². The Morgan fingerprint density at radius 1 is 1.00 bits per heavy atom. The number of anilines is 2. The lowest BCUT2D eigenvalue weighted by molar-refractivity contribution is -0.117. The Bertz CT molecular complexity index is 842. The highest BCUT2D eigenvalue weighted by atomic mass is 16.5. The first-order valence-electron chi connectivity index (χ1n) is 9.59. The Morgan fingerprint density at radius 2 is 1.78 bits per heavy atom. The van der Waals surface area contributed by atoms with Crippen LogP contribution in [0.1, 0.15) is 24.8 Å². The molecule has 5 heteroatoms. The van der Waals surface area contributed by atoms with Gasteiger partial charge in [-0.3, -0.25) is 4.79 Å². The van der Waals surface area contributed by atoms with Crippen LogP contribution in [0.25, 0.3) is 6.08 Å². The molecule has 0 radical (unpaired) electrons. The van der Waals surface area contributed by atoms with E-state index in [0.717, 1.165) is 30.9 Å². The SMILES string of the molecule is Nc1ccc2c(c1)O/C(=C/c1ccccc1)C(=O)N2CCN1CCCCC1. The summed E-state index contributed by atoms with van der Waals surface area (Å²) >= 11 is 0. The second-order valence-corrected chi connectivity index (χ2v) is 7.11. The number of piperidine rings is 1. The largest absolute Gasteiger partial charge is 0.449 e. The first-order chi connectivity index (χ1) is 13.2. The molecule has 2 aliphatic rings. The van der Waals surface area contributed by atoms with E-state index >= 15 is 0 Å². The zero-order valence-electron chi connectivity index (χ0n) is 15.4. The average Bonchev–Trinajstić information content (AvgIpc) is 2.70. The van der Waals surface area contributed by atoms with Crippen LogP contribution in [0.5, 0.6) is 5.75 Å². The van der Waals surface area contributed by atoms with Crippen molar-refractivity contribution in [3.63, 3.8) is 0 Å².